The zero-order valence-corrected chi connectivity index (χ0v) is 17.8. The average molecular weight is 417 g/mol. The number of unbranched alkanes of at least 4 members (excludes halogenated alkanes) is 3. The summed E-state index contributed by atoms with van der Waals surface area (Å²) in [7, 11) is 0. The van der Waals surface area contributed by atoms with Crippen LogP contribution in [0.25, 0.3) is 0 Å². The molecule has 2 N–H and O–H groups in total. The molecule has 156 valence electrons. The lowest BCUT2D eigenvalue weighted by molar-refractivity contribution is -0.116. The lowest BCUT2D eigenvalue weighted by Gasteiger charge is -2.11. The molecule has 0 aromatic heterocycles. The van der Waals surface area contributed by atoms with Gasteiger partial charge in [0.1, 0.15) is 5.75 Å². The first-order valence-electron chi connectivity index (χ1n) is 10.2. The third-order valence-electron chi connectivity index (χ3n) is 4.36. The molecule has 0 aliphatic carbocycles. The molecule has 0 atom stereocenters. The molecule has 0 heterocycles. The molecule has 0 saturated carbocycles. The highest BCUT2D eigenvalue weighted by Gasteiger charge is 2.11. The van der Waals surface area contributed by atoms with Gasteiger partial charge in [-0.1, -0.05) is 44.7 Å². The molecule has 2 amide bonds. The molecular formula is C23H29ClN2O3. The molecule has 0 spiro atoms. The Kier molecular flexibility index (Phi) is 9.51. The lowest BCUT2D eigenvalue weighted by Crippen LogP contribution is -2.14. The first kappa shape index (κ1) is 22.8. The topological polar surface area (TPSA) is 67.4 Å². The molecule has 0 saturated heterocycles. The Labute approximate surface area is 177 Å². The maximum absolute atomic E-state index is 12.5. The van der Waals surface area contributed by atoms with E-state index >= 15 is 0 Å². The summed E-state index contributed by atoms with van der Waals surface area (Å²) in [5.41, 5.74) is 1.54. The highest BCUT2D eigenvalue weighted by Crippen LogP contribution is 2.26. The smallest absolute Gasteiger partial charge is 0.255 e. The molecule has 6 heteroatoms. The van der Waals surface area contributed by atoms with Gasteiger partial charge in [-0.15, -0.1) is 0 Å². The number of carbonyl (C=O) groups excluding carboxylic acids is 2. The van der Waals surface area contributed by atoms with Crippen molar-refractivity contribution in [3.05, 3.63) is 53.1 Å². The number of halogens is 1. The first-order chi connectivity index (χ1) is 14.0. The van der Waals surface area contributed by atoms with E-state index in [9.17, 15) is 9.59 Å². The molecule has 5 nitrogen and oxygen atoms in total. The largest absolute Gasteiger partial charge is 0.494 e. The SMILES string of the molecule is CCCCCCOc1ccc(C(=O)Nc2cc(NC(=O)CCC)ccc2Cl)cc1. The predicted molar refractivity (Wildman–Crippen MR) is 119 cm³/mol. The first-order valence-corrected chi connectivity index (χ1v) is 10.5. The van der Waals surface area contributed by atoms with Gasteiger partial charge in [0, 0.05) is 17.7 Å². The Morgan fingerprint density at radius 2 is 1.69 bits per heavy atom. The predicted octanol–water partition coefficient (Wildman–Crippen LogP) is 6.29. The number of hydrogen-bond acceptors (Lipinski definition) is 3. The van der Waals surface area contributed by atoms with Crippen molar-refractivity contribution >= 4 is 34.8 Å². The number of ether oxygens (including phenoxy) is 1. The summed E-state index contributed by atoms with van der Waals surface area (Å²) >= 11 is 6.20. The zero-order valence-electron chi connectivity index (χ0n) is 17.1. The normalized spacial score (nSPS) is 10.4. The molecule has 2 aromatic carbocycles. The molecule has 2 aromatic rings. The minimum atomic E-state index is -0.279. The van der Waals surface area contributed by atoms with Gasteiger partial charge in [0.25, 0.3) is 5.91 Å². The lowest BCUT2D eigenvalue weighted by atomic mass is 10.2. The Balaban J connectivity index is 1.94. The van der Waals surface area contributed by atoms with Gasteiger partial charge in [-0.25, -0.2) is 0 Å². The minimum Gasteiger partial charge on any atom is -0.494 e. The van der Waals surface area contributed by atoms with Gasteiger partial charge < -0.3 is 15.4 Å². The van der Waals surface area contributed by atoms with Crippen molar-refractivity contribution in [3.8, 4) is 5.75 Å². The zero-order chi connectivity index (χ0) is 21.1. The van der Waals surface area contributed by atoms with Crippen LogP contribution in [0.4, 0.5) is 11.4 Å². The van der Waals surface area contributed by atoms with Crippen LogP contribution in [0.15, 0.2) is 42.5 Å². The van der Waals surface area contributed by atoms with Gasteiger partial charge in [-0.3, -0.25) is 9.59 Å². The second-order valence-electron chi connectivity index (χ2n) is 6.88. The highest BCUT2D eigenvalue weighted by atomic mass is 35.5. The fourth-order valence-electron chi connectivity index (χ4n) is 2.77. The number of anilines is 2. The van der Waals surface area contributed by atoms with Gasteiger partial charge in [0.05, 0.1) is 17.3 Å². The maximum Gasteiger partial charge on any atom is 0.255 e. The number of amides is 2. The fraction of sp³-hybridized carbons (Fsp3) is 0.391. The van der Waals surface area contributed by atoms with E-state index in [2.05, 4.69) is 17.6 Å². The summed E-state index contributed by atoms with van der Waals surface area (Å²) < 4.78 is 5.70. The summed E-state index contributed by atoms with van der Waals surface area (Å²) in [5, 5.41) is 5.99. The van der Waals surface area contributed by atoms with E-state index in [1.54, 1.807) is 42.5 Å². The molecule has 0 unspecified atom stereocenters. The summed E-state index contributed by atoms with van der Waals surface area (Å²) in [5.74, 6) is 0.396. The molecule has 0 fully saturated rings. The monoisotopic (exact) mass is 416 g/mol. The second kappa shape index (κ2) is 12.1. The van der Waals surface area contributed by atoms with Crippen molar-refractivity contribution in [2.24, 2.45) is 0 Å². The van der Waals surface area contributed by atoms with Crippen LogP contribution in [-0.2, 0) is 4.79 Å². The highest BCUT2D eigenvalue weighted by molar-refractivity contribution is 6.34. The molecular weight excluding hydrogens is 388 g/mol. The third kappa shape index (κ3) is 7.78. The van der Waals surface area contributed by atoms with Crippen molar-refractivity contribution in [1.82, 2.24) is 0 Å². The second-order valence-corrected chi connectivity index (χ2v) is 7.29. The van der Waals surface area contributed by atoms with E-state index in [1.807, 2.05) is 6.92 Å². The Bertz CT molecular complexity index is 806. The van der Waals surface area contributed by atoms with E-state index in [1.165, 1.54) is 12.8 Å². The molecule has 0 aliphatic heterocycles. The van der Waals surface area contributed by atoms with Crippen LogP contribution in [0.1, 0.15) is 62.7 Å². The number of benzene rings is 2. The van der Waals surface area contributed by atoms with Crippen molar-refractivity contribution in [2.45, 2.75) is 52.4 Å². The molecule has 0 bridgehead atoms. The van der Waals surface area contributed by atoms with Crippen LogP contribution >= 0.6 is 11.6 Å². The number of rotatable bonds is 11. The van der Waals surface area contributed by atoms with E-state index in [4.69, 9.17) is 16.3 Å². The van der Waals surface area contributed by atoms with Crippen LogP contribution < -0.4 is 15.4 Å². The van der Waals surface area contributed by atoms with Gasteiger partial charge >= 0.3 is 0 Å². The molecule has 2 rings (SSSR count). The molecule has 0 aliphatic rings. The Morgan fingerprint density at radius 1 is 0.931 bits per heavy atom. The van der Waals surface area contributed by atoms with E-state index in [0.29, 0.717) is 35.0 Å². The minimum absolute atomic E-state index is 0.0719. The Morgan fingerprint density at radius 3 is 2.38 bits per heavy atom. The van der Waals surface area contributed by atoms with Gasteiger partial charge in [-0.2, -0.15) is 0 Å². The van der Waals surface area contributed by atoms with Crippen LogP contribution in [0.3, 0.4) is 0 Å². The van der Waals surface area contributed by atoms with Crippen molar-refractivity contribution in [1.29, 1.82) is 0 Å². The summed E-state index contributed by atoms with van der Waals surface area (Å²) in [6.45, 7) is 4.80. The molecule has 29 heavy (non-hydrogen) atoms. The van der Waals surface area contributed by atoms with Gasteiger partial charge in [0.15, 0.2) is 0 Å². The van der Waals surface area contributed by atoms with Crippen molar-refractivity contribution in [2.75, 3.05) is 17.2 Å². The van der Waals surface area contributed by atoms with Crippen LogP contribution in [0.2, 0.25) is 5.02 Å². The van der Waals surface area contributed by atoms with Crippen LogP contribution in [0.5, 0.6) is 5.75 Å². The standard InChI is InChI=1S/C23H29ClN2O3/c1-3-5-6-7-15-29-19-12-9-17(10-13-19)23(28)26-21-16-18(11-14-20(21)24)25-22(27)8-4-2/h9-14,16H,3-8,15H2,1-2H3,(H,25,27)(H,26,28). The Hall–Kier alpha value is -2.53. The van der Waals surface area contributed by atoms with Gasteiger partial charge in [0.2, 0.25) is 5.91 Å². The number of hydrogen-bond donors (Lipinski definition) is 2. The average Bonchev–Trinajstić information content (AvgIpc) is 2.71. The number of carbonyl (C=O) groups is 2. The van der Waals surface area contributed by atoms with E-state index < -0.39 is 0 Å². The summed E-state index contributed by atoms with van der Waals surface area (Å²) in [4.78, 5) is 24.3. The van der Waals surface area contributed by atoms with Crippen LogP contribution in [-0.4, -0.2) is 18.4 Å². The van der Waals surface area contributed by atoms with Crippen molar-refractivity contribution in [3.63, 3.8) is 0 Å². The maximum atomic E-state index is 12.5. The molecule has 0 radical (unpaired) electrons. The quantitative estimate of drug-likeness (QED) is 0.423. The summed E-state index contributed by atoms with van der Waals surface area (Å²) in [6.07, 6.45) is 5.81. The number of nitrogens with one attached hydrogen (secondary N) is 2. The van der Waals surface area contributed by atoms with E-state index in [0.717, 1.165) is 25.0 Å². The summed E-state index contributed by atoms with van der Waals surface area (Å²) in [6, 6.07) is 12.0. The van der Waals surface area contributed by atoms with E-state index in [-0.39, 0.29) is 11.8 Å². The fourth-order valence-corrected chi connectivity index (χ4v) is 2.93. The van der Waals surface area contributed by atoms with Gasteiger partial charge in [-0.05, 0) is 55.3 Å². The van der Waals surface area contributed by atoms with Crippen molar-refractivity contribution < 1.29 is 14.3 Å². The third-order valence-corrected chi connectivity index (χ3v) is 4.69. The van der Waals surface area contributed by atoms with Crippen LogP contribution in [0, 0.1) is 0 Å².